The molecule has 6 atom stereocenters. The predicted molar refractivity (Wildman–Crippen MR) is 166 cm³/mol. The number of benzene rings is 2. The highest BCUT2D eigenvalue weighted by atomic mass is 79.9. The minimum Gasteiger partial charge on any atom is -0.494 e. The molecule has 3 aliphatic rings. The second-order valence-corrected chi connectivity index (χ2v) is 13.9. The number of likely N-dealkylation sites (tertiary alicyclic amines) is 1. The molecule has 11 heteroatoms. The molecule has 8 nitrogen and oxygen atoms in total. The van der Waals surface area contributed by atoms with Crippen molar-refractivity contribution in [1.29, 1.82) is 0 Å². The molecule has 0 saturated carbocycles. The molecule has 2 aromatic rings. The second-order valence-electron chi connectivity index (χ2n) is 10.7. The monoisotopic (exact) mass is 663 g/mol. The molecule has 1 spiro atoms. The molecule has 41 heavy (non-hydrogen) atoms. The highest BCUT2D eigenvalue weighted by Gasteiger charge is 2.75. The summed E-state index contributed by atoms with van der Waals surface area (Å²) in [4.78, 5) is 43.7. The number of ether oxygens (including phenoxy) is 1. The molecule has 3 saturated heterocycles. The van der Waals surface area contributed by atoms with E-state index in [9.17, 15) is 14.4 Å². The van der Waals surface area contributed by atoms with Crippen molar-refractivity contribution in [2.75, 3.05) is 30.4 Å². The first kappa shape index (κ1) is 30.2. The van der Waals surface area contributed by atoms with Gasteiger partial charge in [-0.3, -0.25) is 14.4 Å². The van der Waals surface area contributed by atoms with E-state index in [0.717, 1.165) is 12.8 Å². The van der Waals surface area contributed by atoms with Crippen LogP contribution in [-0.2, 0) is 14.4 Å². The summed E-state index contributed by atoms with van der Waals surface area (Å²) in [6.07, 6.45) is 3.69. The Labute approximate surface area is 258 Å². The first-order valence-electron chi connectivity index (χ1n) is 14.1. The summed E-state index contributed by atoms with van der Waals surface area (Å²) in [5.74, 6) is -1.14. The fourth-order valence-corrected chi connectivity index (χ4v) is 10.3. The number of hydrogen-bond donors (Lipinski definition) is 3. The van der Waals surface area contributed by atoms with Crippen LogP contribution in [0, 0.1) is 11.8 Å². The number of carbonyl (C=O) groups is 3. The summed E-state index contributed by atoms with van der Waals surface area (Å²) in [6, 6.07) is 13.5. The van der Waals surface area contributed by atoms with Gasteiger partial charge in [0.15, 0.2) is 0 Å². The molecule has 0 radical (unpaired) electrons. The topological polar surface area (TPSA) is 108 Å². The lowest BCUT2D eigenvalue weighted by Crippen LogP contribution is -2.52. The van der Waals surface area contributed by atoms with Gasteiger partial charge in [0, 0.05) is 28.9 Å². The van der Waals surface area contributed by atoms with Gasteiger partial charge >= 0.3 is 0 Å². The molecular formula is C30H35BrClN3O5S. The average Bonchev–Trinajstić information content (AvgIpc) is 3.54. The molecule has 2 aromatic carbocycles. The molecule has 3 unspecified atom stereocenters. The SMILES string of the molecule is CCOc1ccc(NC(=O)[C@H]2[C@H]3C(=O)N(CCCCCCO)C(C(=O)Nc4ccccc4Cl)C34CC(Br)[C@@H]2S4)cc1. The van der Waals surface area contributed by atoms with Crippen LogP contribution in [0.4, 0.5) is 11.4 Å². The molecular weight excluding hydrogens is 630 g/mol. The van der Waals surface area contributed by atoms with Crippen LogP contribution in [0.2, 0.25) is 5.02 Å². The number of para-hydroxylation sites is 1. The molecule has 2 bridgehead atoms. The Bertz CT molecular complexity index is 1280. The summed E-state index contributed by atoms with van der Waals surface area (Å²) in [5.41, 5.74) is 1.12. The quantitative estimate of drug-likeness (QED) is 0.209. The third-order valence-electron chi connectivity index (χ3n) is 8.21. The van der Waals surface area contributed by atoms with Gasteiger partial charge in [0.1, 0.15) is 11.8 Å². The molecule has 3 heterocycles. The highest BCUT2D eigenvalue weighted by Crippen LogP contribution is 2.67. The van der Waals surface area contributed by atoms with Crippen LogP contribution >= 0.6 is 39.3 Å². The van der Waals surface area contributed by atoms with Gasteiger partial charge in [0.05, 0.1) is 33.9 Å². The lowest BCUT2D eigenvalue weighted by molar-refractivity contribution is -0.138. The summed E-state index contributed by atoms with van der Waals surface area (Å²) < 4.78 is 4.77. The number of aliphatic hydroxyl groups excluding tert-OH is 1. The van der Waals surface area contributed by atoms with Crippen LogP contribution in [-0.4, -0.2) is 68.4 Å². The van der Waals surface area contributed by atoms with Gasteiger partial charge < -0.3 is 25.4 Å². The number of nitrogens with zero attached hydrogens (tertiary/aromatic N) is 1. The van der Waals surface area contributed by atoms with E-state index < -0.39 is 22.6 Å². The number of carbonyl (C=O) groups excluding carboxylic acids is 3. The van der Waals surface area contributed by atoms with Crippen LogP contribution in [0.25, 0.3) is 0 Å². The van der Waals surface area contributed by atoms with Crippen LogP contribution < -0.4 is 15.4 Å². The van der Waals surface area contributed by atoms with Gasteiger partial charge in [-0.1, -0.05) is 52.5 Å². The van der Waals surface area contributed by atoms with Crippen LogP contribution in [0.1, 0.15) is 39.0 Å². The lowest BCUT2D eigenvalue weighted by Gasteiger charge is -2.35. The number of nitrogens with one attached hydrogen (secondary N) is 2. The number of aliphatic hydroxyl groups is 1. The Morgan fingerprint density at radius 1 is 1.10 bits per heavy atom. The van der Waals surface area contributed by atoms with Crippen LogP contribution in [0.15, 0.2) is 48.5 Å². The Morgan fingerprint density at radius 3 is 2.54 bits per heavy atom. The zero-order valence-electron chi connectivity index (χ0n) is 22.9. The van der Waals surface area contributed by atoms with Crippen molar-refractivity contribution in [2.24, 2.45) is 11.8 Å². The zero-order valence-corrected chi connectivity index (χ0v) is 26.0. The number of hydrogen-bond acceptors (Lipinski definition) is 6. The van der Waals surface area contributed by atoms with Crippen molar-refractivity contribution in [3.8, 4) is 5.75 Å². The molecule has 3 aliphatic heterocycles. The Kier molecular flexibility index (Phi) is 9.53. The maximum absolute atomic E-state index is 14.2. The van der Waals surface area contributed by atoms with E-state index in [1.807, 2.05) is 6.92 Å². The van der Waals surface area contributed by atoms with Gasteiger partial charge in [-0.2, -0.15) is 0 Å². The van der Waals surface area contributed by atoms with Gasteiger partial charge in [0.2, 0.25) is 17.7 Å². The zero-order chi connectivity index (χ0) is 29.1. The number of thioether (sulfide) groups is 1. The number of fused-ring (bicyclic) bond motifs is 1. The second kappa shape index (κ2) is 12.9. The van der Waals surface area contributed by atoms with E-state index in [0.29, 0.717) is 54.6 Å². The Hall–Kier alpha value is -2.27. The predicted octanol–water partition coefficient (Wildman–Crippen LogP) is 5.33. The highest BCUT2D eigenvalue weighted by molar-refractivity contribution is 9.09. The largest absolute Gasteiger partial charge is 0.494 e. The summed E-state index contributed by atoms with van der Waals surface area (Å²) >= 11 is 11.8. The van der Waals surface area contributed by atoms with E-state index in [2.05, 4.69) is 26.6 Å². The van der Waals surface area contributed by atoms with E-state index >= 15 is 0 Å². The van der Waals surface area contributed by atoms with Crippen LogP contribution in [0.3, 0.4) is 0 Å². The van der Waals surface area contributed by atoms with Crippen molar-refractivity contribution in [3.63, 3.8) is 0 Å². The van der Waals surface area contributed by atoms with Crippen molar-refractivity contribution < 1.29 is 24.2 Å². The molecule has 220 valence electrons. The van der Waals surface area contributed by atoms with Gasteiger partial charge in [-0.25, -0.2) is 0 Å². The summed E-state index contributed by atoms with van der Waals surface area (Å²) in [7, 11) is 0. The number of rotatable bonds is 12. The smallest absolute Gasteiger partial charge is 0.248 e. The average molecular weight is 665 g/mol. The number of unbranched alkanes of at least 4 members (excludes halogenated alkanes) is 3. The van der Waals surface area contributed by atoms with Crippen molar-refractivity contribution in [1.82, 2.24) is 4.90 Å². The fourth-order valence-electron chi connectivity index (χ4n) is 6.51. The van der Waals surface area contributed by atoms with Crippen molar-refractivity contribution >= 4 is 68.4 Å². The normalized spacial score (nSPS) is 28.0. The minimum atomic E-state index is -0.743. The van der Waals surface area contributed by atoms with Crippen molar-refractivity contribution in [2.45, 2.75) is 59.9 Å². The van der Waals surface area contributed by atoms with E-state index in [4.69, 9.17) is 21.4 Å². The maximum Gasteiger partial charge on any atom is 0.248 e. The number of anilines is 2. The van der Waals surface area contributed by atoms with E-state index in [1.54, 1.807) is 65.2 Å². The molecule has 3 fully saturated rings. The maximum atomic E-state index is 14.2. The lowest BCUT2D eigenvalue weighted by atomic mass is 9.70. The first-order valence-corrected chi connectivity index (χ1v) is 16.3. The summed E-state index contributed by atoms with van der Waals surface area (Å²) in [6.45, 7) is 3.00. The number of amides is 3. The molecule has 0 aliphatic carbocycles. The molecule has 3 N–H and O–H groups in total. The Balaban J connectivity index is 1.42. The van der Waals surface area contributed by atoms with Crippen molar-refractivity contribution in [3.05, 3.63) is 53.6 Å². The Morgan fingerprint density at radius 2 is 1.83 bits per heavy atom. The first-order chi connectivity index (χ1) is 19.8. The third-order valence-corrected chi connectivity index (χ3v) is 11.8. The molecule has 3 amide bonds. The standard InChI is InChI=1S/C30H35BrClN3O5S/c1-2-40-19-13-11-18(12-14-19)33-27(37)23-24-29(39)35(15-7-3-4-8-16-36)26(30(24)17-20(31)25(23)41-30)28(38)34-22-10-6-5-9-21(22)32/h5-6,9-14,20,23-26,36H,2-4,7-8,15-17H2,1H3,(H,33,37)(H,34,38)/t20?,23-,24-,25-,26?,30?/m0/s1. The minimum absolute atomic E-state index is 0.0206. The fraction of sp³-hybridized carbons (Fsp3) is 0.500. The summed E-state index contributed by atoms with van der Waals surface area (Å²) in [5, 5.41) is 15.4. The van der Waals surface area contributed by atoms with Gasteiger partial charge in [0.25, 0.3) is 0 Å². The van der Waals surface area contributed by atoms with Crippen LogP contribution in [0.5, 0.6) is 5.75 Å². The van der Waals surface area contributed by atoms with E-state index in [-0.39, 0.29) is 34.4 Å². The number of halogens is 2. The third kappa shape index (κ3) is 5.85. The molecule has 5 rings (SSSR count). The van der Waals surface area contributed by atoms with Gasteiger partial charge in [-0.15, -0.1) is 11.8 Å². The molecule has 0 aromatic heterocycles. The number of alkyl halides is 1. The van der Waals surface area contributed by atoms with E-state index in [1.165, 1.54) is 0 Å². The van der Waals surface area contributed by atoms with Gasteiger partial charge in [-0.05, 0) is 62.6 Å².